The van der Waals surface area contributed by atoms with E-state index in [0.717, 1.165) is 0 Å². The highest BCUT2D eigenvalue weighted by molar-refractivity contribution is 7.94. The summed E-state index contributed by atoms with van der Waals surface area (Å²) in [5.41, 5.74) is 0.353. The number of thiophene rings is 1. The SMILES string of the molecule is CCN[C@H]1CN(CCCOC)S(=O)(=O)c2sc(S(=O)(=O)NC(=O)[C@H](C)O[C@@H](C)O[C@@H](C)O)cc21. The molecule has 15 heteroatoms. The van der Waals surface area contributed by atoms with Crippen LogP contribution in [-0.2, 0) is 39.1 Å². The molecule has 0 fully saturated rings. The van der Waals surface area contributed by atoms with E-state index < -0.39 is 50.7 Å². The first kappa shape index (κ1) is 29.1. The van der Waals surface area contributed by atoms with Gasteiger partial charge in [-0.25, -0.2) is 21.6 Å². The van der Waals surface area contributed by atoms with Crippen LogP contribution in [0, 0.1) is 0 Å². The van der Waals surface area contributed by atoms with E-state index in [1.807, 2.05) is 11.6 Å². The first-order valence-corrected chi connectivity index (χ1v) is 14.5. The number of carbonyl (C=O) groups is 1. The minimum atomic E-state index is -4.37. The Labute approximate surface area is 204 Å². The zero-order chi connectivity index (χ0) is 25.7. The molecule has 196 valence electrons. The summed E-state index contributed by atoms with van der Waals surface area (Å²) in [5, 5.41) is 12.4. The lowest BCUT2D eigenvalue weighted by molar-refractivity contribution is -0.226. The normalized spacial score (nSPS) is 20.9. The van der Waals surface area contributed by atoms with Gasteiger partial charge in [-0.15, -0.1) is 11.3 Å². The second-order valence-corrected chi connectivity index (χ2v) is 12.8. The fraction of sp³-hybridized carbons (Fsp3) is 0.737. The predicted molar refractivity (Wildman–Crippen MR) is 124 cm³/mol. The van der Waals surface area contributed by atoms with Crippen molar-refractivity contribution in [2.75, 3.05) is 33.4 Å². The largest absolute Gasteiger partial charge is 0.385 e. The molecule has 1 aromatic heterocycles. The molecule has 1 aliphatic rings. The lowest BCUT2D eigenvalue weighted by atomic mass is 10.1. The van der Waals surface area contributed by atoms with Crippen LogP contribution < -0.4 is 10.0 Å². The molecule has 0 saturated carbocycles. The van der Waals surface area contributed by atoms with Crippen LogP contribution in [0.25, 0.3) is 0 Å². The van der Waals surface area contributed by atoms with Gasteiger partial charge in [0.15, 0.2) is 12.6 Å². The molecule has 0 radical (unpaired) electrons. The lowest BCUT2D eigenvalue weighted by Crippen LogP contribution is -2.43. The van der Waals surface area contributed by atoms with Crippen molar-refractivity contribution in [3.05, 3.63) is 11.6 Å². The van der Waals surface area contributed by atoms with Crippen molar-refractivity contribution in [3.8, 4) is 0 Å². The predicted octanol–water partition coefficient (Wildman–Crippen LogP) is 0.350. The molecule has 1 aliphatic heterocycles. The van der Waals surface area contributed by atoms with Gasteiger partial charge in [0, 0.05) is 38.4 Å². The van der Waals surface area contributed by atoms with Crippen molar-refractivity contribution < 1.29 is 40.9 Å². The number of hydrogen-bond acceptors (Lipinski definition) is 11. The Bertz CT molecular complexity index is 1040. The summed E-state index contributed by atoms with van der Waals surface area (Å²) in [4.78, 5) is 12.4. The van der Waals surface area contributed by atoms with Crippen LogP contribution in [0.1, 0.15) is 45.7 Å². The maximum atomic E-state index is 13.2. The second-order valence-electron chi connectivity index (χ2n) is 7.68. The van der Waals surface area contributed by atoms with Crippen LogP contribution in [0.5, 0.6) is 0 Å². The Hall–Kier alpha value is -1.17. The Morgan fingerprint density at radius 2 is 2.00 bits per heavy atom. The summed E-state index contributed by atoms with van der Waals surface area (Å²) in [6.45, 7) is 7.33. The van der Waals surface area contributed by atoms with Gasteiger partial charge in [0.2, 0.25) is 0 Å². The topological polar surface area (TPSA) is 161 Å². The van der Waals surface area contributed by atoms with E-state index in [2.05, 4.69) is 5.32 Å². The number of hydrogen-bond donors (Lipinski definition) is 3. The van der Waals surface area contributed by atoms with Crippen LogP contribution in [0.3, 0.4) is 0 Å². The van der Waals surface area contributed by atoms with Crippen LogP contribution >= 0.6 is 11.3 Å². The van der Waals surface area contributed by atoms with Gasteiger partial charge in [-0.1, -0.05) is 6.92 Å². The van der Waals surface area contributed by atoms with Gasteiger partial charge in [0.05, 0.1) is 0 Å². The summed E-state index contributed by atoms with van der Waals surface area (Å²) in [7, 11) is -6.75. The van der Waals surface area contributed by atoms with E-state index in [4.69, 9.17) is 14.2 Å². The molecular weight excluding hydrogens is 510 g/mol. The smallest absolute Gasteiger partial charge is 0.273 e. The molecule has 4 atom stereocenters. The summed E-state index contributed by atoms with van der Waals surface area (Å²) in [6.07, 6.45) is -2.82. The van der Waals surface area contributed by atoms with Gasteiger partial charge in [-0.3, -0.25) is 4.79 Å². The van der Waals surface area contributed by atoms with E-state index in [0.29, 0.717) is 36.5 Å². The van der Waals surface area contributed by atoms with Crippen LogP contribution in [0.15, 0.2) is 14.5 Å². The molecule has 2 heterocycles. The van der Waals surface area contributed by atoms with Gasteiger partial charge >= 0.3 is 0 Å². The Kier molecular flexibility index (Phi) is 10.4. The maximum absolute atomic E-state index is 13.2. The minimum absolute atomic E-state index is 0.0711. The number of aliphatic hydroxyl groups excluding tert-OH is 1. The number of fused-ring (bicyclic) bond motifs is 1. The monoisotopic (exact) mass is 543 g/mol. The fourth-order valence-electron chi connectivity index (χ4n) is 3.40. The van der Waals surface area contributed by atoms with E-state index >= 15 is 0 Å². The van der Waals surface area contributed by atoms with Crippen molar-refractivity contribution in [2.45, 2.75) is 67.3 Å². The second kappa shape index (κ2) is 12.2. The number of likely N-dealkylation sites (N-methyl/N-ethyl adjacent to an activating group) is 1. The van der Waals surface area contributed by atoms with E-state index in [1.54, 1.807) is 0 Å². The van der Waals surface area contributed by atoms with Crippen LogP contribution in [-0.4, -0.2) is 84.2 Å². The molecule has 0 saturated heterocycles. The number of ether oxygens (including phenoxy) is 3. The maximum Gasteiger partial charge on any atom is 0.273 e. The molecule has 1 amide bonds. The highest BCUT2D eigenvalue weighted by Gasteiger charge is 2.40. The third kappa shape index (κ3) is 7.18. The number of carbonyl (C=O) groups excluding carboxylic acids is 1. The highest BCUT2D eigenvalue weighted by atomic mass is 32.3. The molecule has 0 unspecified atom stereocenters. The summed E-state index contributed by atoms with van der Waals surface area (Å²) >= 11 is 0.596. The molecule has 0 aliphatic carbocycles. The quantitative estimate of drug-likeness (QED) is 0.234. The number of methoxy groups -OCH3 is 1. The molecule has 0 aromatic carbocycles. The number of rotatable bonds is 13. The van der Waals surface area contributed by atoms with E-state index in [-0.39, 0.29) is 21.5 Å². The summed E-state index contributed by atoms with van der Waals surface area (Å²) < 4.78 is 70.2. The van der Waals surface area contributed by atoms with Gasteiger partial charge in [0.25, 0.3) is 26.0 Å². The van der Waals surface area contributed by atoms with Gasteiger partial charge in [-0.2, -0.15) is 4.31 Å². The first-order valence-electron chi connectivity index (χ1n) is 10.7. The average molecular weight is 544 g/mol. The molecule has 34 heavy (non-hydrogen) atoms. The number of sulfonamides is 2. The third-order valence-corrected chi connectivity index (χ3v) is 10.3. The molecule has 2 rings (SSSR count). The lowest BCUT2D eigenvalue weighted by Gasteiger charge is -2.32. The van der Waals surface area contributed by atoms with Crippen molar-refractivity contribution in [3.63, 3.8) is 0 Å². The fourth-order valence-corrected chi connectivity index (χ4v) is 8.33. The van der Waals surface area contributed by atoms with Crippen LogP contribution in [0.4, 0.5) is 0 Å². The molecule has 1 aromatic rings. The summed E-state index contributed by atoms with van der Waals surface area (Å²) in [6, 6.07) is 0.889. The zero-order valence-corrected chi connectivity index (χ0v) is 22.3. The molecule has 12 nitrogen and oxygen atoms in total. The molecule has 0 bridgehead atoms. The minimum Gasteiger partial charge on any atom is -0.385 e. The number of nitrogens with one attached hydrogen (secondary N) is 2. The molecular formula is C19H33N3O9S3. The van der Waals surface area contributed by atoms with Crippen LogP contribution in [0.2, 0.25) is 0 Å². The molecule has 3 N–H and O–H groups in total. The average Bonchev–Trinajstić information content (AvgIpc) is 3.18. The number of aliphatic hydroxyl groups is 1. The van der Waals surface area contributed by atoms with Crippen molar-refractivity contribution in [2.24, 2.45) is 0 Å². The first-order chi connectivity index (χ1) is 15.8. The van der Waals surface area contributed by atoms with Crippen molar-refractivity contribution in [1.82, 2.24) is 14.3 Å². The van der Waals surface area contributed by atoms with Gasteiger partial charge < -0.3 is 24.6 Å². The number of amides is 1. The van der Waals surface area contributed by atoms with Gasteiger partial charge in [-0.05, 0) is 39.8 Å². The number of nitrogens with zero attached hydrogens (tertiary/aromatic N) is 1. The Balaban J connectivity index is 2.27. The van der Waals surface area contributed by atoms with E-state index in [1.165, 1.54) is 38.3 Å². The highest BCUT2D eigenvalue weighted by Crippen LogP contribution is 2.40. The standard InChI is InChI=1S/C19H33N3O9S3/c1-6-20-16-11-22(8-7-9-29-5)34(27,28)19-15(16)10-17(32-19)33(25,26)21-18(24)12(2)30-14(4)31-13(3)23/h10,12-14,16,20,23H,6-9,11H2,1-5H3,(H,21,24)/t12-,13-,14+,16-/m0/s1. The van der Waals surface area contributed by atoms with E-state index in [9.17, 15) is 26.7 Å². The zero-order valence-electron chi connectivity index (χ0n) is 19.8. The summed E-state index contributed by atoms with van der Waals surface area (Å²) in [5.74, 6) is -0.959. The third-order valence-electron chi connectivity index (χ3n) is 4.90. The van der Waals surface area contributed by atoms with Crippen molar-refractivity contribution >= 4 is 37.3 Å². The Morgan fingerprint density at radius 3 is 2.59 bits per heavy atom. The Morgan fingerprint density at radius 1 is 1.32 bits per heavy atom. The van der Waals surface area contributed by atoms with Crippen molar-refractivity contribution in [1.29, 1.82) is 0 Å². The molecule has 0 spiro atoms. The van der Waals surface area contributed by atoms with Gasteiger partial charge in [0.1, 0.15) is 14.5 Å².